The standard InChI is InChI=1S/C59H77N5O26/c1-30(65)60-47-51(85-36(7)71)49(83-34(5)69)44(28-78-32(3)67)88-56(47)80-26-41(63-58(77)82-25-39-19-21-40(22-20-39)87-46(73)24-38-16-13-12-14-17-38)54(75)64-23-15-18-43(64)53(74)62-42(55(76)90-59(9,10)11)27-81-57-48(61-31(2)66)52(86-37(8)72)50(84-35(6)70)45(89-57)29-79-33(4)68/h12-14,16-17,19-22,41-45,47-52,56-57H,15,18,23-29H2,1-11H3,(H,60,65)(H,61,66)(H,62,74)(H,63,77)/t41-,42-,43-,44+,45+,47+,48+,49+,50+,51+,52+,56+,57+/m0/s1. The van der Waals surface area contributed by atoms with Gasteiger partial charge in [0.05, 0.1) is 19.6 Å². The lowest BCUT2D eigenvalue weighted by Crippen LogP contribution is -2.67. The summed E-state index contributed by atoms with van der Waals surface area (Å²) >= 11 is 0. The quantitative estimate of drug-likeness (QED) is 0.0569. The van der Waals surface area contributed by atoms with E-state index in [1.54, 1.807) is 24.3 Å². The summed E-state index contributed by atoms with van der Waals surface area (Å²) in [7, 11) is 0. The Kier molecular flexibility index (Phi) is 26.9. The smallest absolute Gasteiger partial charge is 0.408 e. The van der Waals surface area contributed by atoms with Crippen molar-refractivity contribution in [2.75, 3.05) is 33.0 Å². The number of benzene rings is 2. The van der Waals surface area contributed by atoms with Crippen LogP contribution in [0.2, 0.25) is 0 Å². The second-order valence-corrected chi connectivity index (χ2v) is 21.9. The van der Waals surface area contributed by atoms with Crippen LogP contribution in [-0.2, 0) is 127 Å². The predicted molar refractivity (Wildman–Crippen MR) is 302 cm³/mol. The molecule has 0 unspecified atom stereocenters. The zero-order chi connectivity index (χ0) is 66.6. The molecule has 90 heavy (non-hydrogen) atoms. The van der Waals surface area contributed by atoms with Crippen LogP contribution in [0, 0.1) is 0 Å². The maximum absolute atomic E-state index is 15.1. The van der Waals surface area contributed by atoms with E-state index in [0.717, 1.165) is 65.9 Å². The minimum atomic E-state index is -1.82. The van der Waals surface area contributed by atoms with Crippen LogP contribution < -0.4 is 26.0 Å². The molecule has 0 spiro atoms. The largest absolute Gasteiger partial charge is 0.463 e. The summed E-state index contributed by atoms with van der Waals surface area (Å²) in [5, 5.41) is 10.1. The fraction of sp³-hybridized carbons (Fsp3) is 0.576. The Morgan fingerprint density at radius 2 is 1.04 bits per heavy atom. The molecule has 5 rings (SSSR count). The summed E-state index contributed by atoms with van der Waals surface area (Å²) in [5.74, 6) is -9.96. The van der Waals surface area contributed by atoms with Crippen molar-refractivity contribution in [3.63, 3.8) is 0 Å². The number of nitrogens with one attached hydrogen (secondary N) is 4. The number of carbonyl (C=O) groups is 13. The Morgan fingerprint density at radius 1 is 0.567 bits per heavy atom. The molecule has 4 N–H and O–H groups in total. The summed E-state index contributed by atoms with van der Waals surface area (Å²) in [6.07, 6.45) is -13.6. The maximum atomic E-state index is 15.1. The summed E-state index contributed by atoms with van der Waals surface area (Å²) in [4.78, 5) is 171. The van der Waals surface area contributed by atoms with Crippen LogP contribution in [-0.4, -0.2) is 200 Å². The van der Waals surface area contributed by atoms with Crippen molar-refractivity contribution < 1.29 is 124 Å². The van der Waals surface area contributed by atoms with Gasteiger partial charge in [-0.1, -0.05) is 42.5 Å². The molecular weight excluding hydrogens is 1190 g/mol. The van der Waals surface area contributed by atoms with Gasteiger partial charge in [0.25, 0.3) is 0 Å². The lowest BCUT2D eigenvalue weighted by molar-refractivity contribution is -0.278. The summed E-state index contributed by atoms with van der Waals surface area (Å²) < 4.78 is 73.5. The molecule has 3 fully saturated rings. The van der Waals surface area contributed by atoms with Crippen molar-refractivity contribution >= 4 is 77.5 Å². The Hall–Kier alpha value is -8.81. The molecule has 3 aliphatic heterocycles. The topological polar surface area (TPSA) is 393 Å². The number of esters is 8. The number of rotatable bonds is 26. The number of ether oxygens (including phenoxy) is 13. The van der Waals surface area contributed by atoms with Gasteiger partial charge < -0.3 is 87.7 Å². The van der Waals surface area contributed by atoms with Gasteiger partial charge in [0.1, 0.15) is 67.5 Å². The molecule has 2 aromatic rings. The number of alkyl carbamates (subject to hydrolysis) is 1. The van der Waals surface area contributed by atoms with E-state index in [9.17, 15) is 57.5 Å². The number of hydrogen-bond acceptors (Lipinski definition) is 26. The molecule has 2 aromatic carbocycles. The maximum Gasteiger partial charge on any atom is 0.408 e. The average Bonchev–Trinajstić information content (AvgIpc) is 1.09. The monoisotopic (exact) mass is 1270 g/mol. The van der Waals surface area contributed by atoms with E-state index in [2.05, 4.69) is 21.3 Å². The van der Waals surface area contributed by atoms with Crippen LogP contribution in [0.4, 0.5) is 4.79 Å². The highest BCUT2D eigenvalue weighted by atomic mass is 16.7. The predicted octanol–water partition coefficient (Wildman–Crippen LogP) is 0.592. The highest BCUT2D eigenvalue weighted by molar-refractivity contribution is 5.94. The highest BCUT2D eigenvalue weighted by Crippen LogP contribution is 2.31. The number of nitrogens with zero attached hydrogens (tertiary/aromatic N) is 1. The van der Waals surface area contributed by atoms with Gasteiger partial charge in [-0.3, -0.25) is 52.7 Å². The van der Waals surface area contributed by atoms with Gasteiger partial charge in [-0.05, 0) is 56.9 Å². The normalized spacial score (nSPS) is 23.5. The van der Waals surface area contributed by atoms with Crippen LogP contribution >= 0.6 is 0 Å². The van der Waals surface area contributed by atoms with Gasteiger partial charge in [0, 0.05) is 61.9 Å². The molecule has 494 valence electrons. The Labute approximate surface area is 517 Å². The molecule has 3 aliphatic rings. The molecule has 3 saturated heterocycles. The van der Waals surface area contributed by atoms with Gasteiger partial charge in [-0.25, -0.2) is 9.59 Å². The zero-order valence-electron chi connectivity index (χ0n) is 51.6. The van der Waals surface area contributed by atoms with Crippen molar-refractivity contribution in [1.29, 1.82) is 0 Å². The van der Waals surface area contributed by atoms with E-state index in [0.29, 0.717) is 5.56 Å². The van der Waals surface area contributed by atoms with Crippen molar-refractivity contribution in [3.05, 3.63) is 65.7 Å². The Balaban J connectivity index is 1.46. The minimum absolute atomic E-state index is 0.00243. The summed E-state index contributed by atoms with van der Waals surface area (Å²) in [5.41, 5.74) is -0.0507. The number of likely N-dealkylation sites (tertiary alicyclic amines) is 1. The second kappa shape index (κ2) is 33.7. The molecule has 0 saturated carbocycles. The van der Waals surface area contributed by atoms with Gasteiger partial charge in [-0.15, -0.1) is 0 Å². The van der Waals surface area contributed by atoms with Crippen LogP contribution in [0.1, 0.15) is 100 Å². The van der Waals surface area contributed by atoms with Crippen LogP contribution in [0.5, 0.6) is 5.75 Å². The zero-order valence-corrected chi connectivity index (χ0v) is 51.6. The lowest BCUT2D eigenvalue weighted by Gasteiger charge is -2.45. The summed E-state index contributed by atoms with van der Waals surface area (Å²) in [6, 6.07) is 6.86. The van der Waals surface area contributed by atoms with E-state index in [4.69, 9.17) is 61.6 Å². The first-order chi connectivity index (χ1) is 42.4. The third kappa shape index (κ3) is 23.0. The van der Waals surface area contributed by atoms with Crippen molar-refractivity contribution in [2.45, 2.75) is 187 Å². The van der Waals surface area contributed by atoms with E-state index in [1.165, 1.54) is 45.0 Å². The fourth-order valence-electron chi connectivity index (χ4n) is 9.65. The van der Waals surface area contributed by atoms with Gasteiger partial charge >= 0.3 is 53.8 Å². The first-order valence-electron chi connectivity index (χ1n) is 28.5. The van der Waals surface area contributed by atoms with E-state index in [-0.39, 0.29) is 31.6 Å². The number of hydrogen-bond donors (Lipinski definition) is 4. The third-order valence-electron chi connectivity index (χ3n) is 13.1. The van der Waals surface area contributed by atoms with Gasteiger partial charge in [-0.2, -0.15) is 0 Å². The molecule has 31 heteroatoms. The Morgan fingerprint density at radius 3 is 1.50 bits per heavy atom. The lowest BCUT2D eigenvalue weighted by atomic mass is 9.96. The molecule has 0 radical (unpaired) electrons. The average molecular weight is 1270 g/mol. The molecule has 3 heterocycles. The van der Waals surface area contributed by atoms with Crippen molar-refractivity contribution in [2.24, 2.45) is 0 Å². The van der Waals surface area contributed by atoms with E-state index >= 15 is 4.79 Å². The van der Waals surface area contributed by atoms with Gasteiger partial charge in [0.2, 0.25) is 23.6 Å². The first-order valence-corrected chi connectivity index (χ1v) is 28.5. The second-order valence-electron chi connectivity index (χ2n) is 21.9. The first kappa shape index (κ1) is 71.9. The number of carbonyl (C=O) groups excluding carboxylic acids is 13. The fourth-order valence-corrected chi connectivity index (χ4v) is 9.65. The van der Waals surface area contributed by atoms with Crippen molar-refractivity contribution in [1.82, 2.24) is 26.2 Å². The molecule has 31 nitrogen and oxygen atoms in total. The number of amides is 5. The van der Waals surface area contributed by atoms with Crippen LogP contribution in [0.25, 0.3) is 0 Å². The molecular formula is C59H77N5O26. The Bertz CT molecular complexity index is 2900. The summed E-state index contributed by atoms with van der Waals surface area (Å²) in [6.45, 7) is 9.66. The minimum Gasteiger partial charge on any atom is -0.463 e. The SMILES string of the molecule is CC(=O)N[C@H]1[C@H](OC[C@H](NC(=O)[C@@H]2CCCN2C(=O)[C@H](CO[C@@H]2O[C@H](COC(C)=O)[C@@H](OC(C)=O)[C@H](OC(C)=O)[C@H]2NC(C)=O)NC(=O)OCc2ccc(OC(=O)Cc3ccccc3)cc2)C(=O)OC(C)(C)C)O[C@H](COC(C)=O)[C@@H](OC(C)=O)[C@@H]1OC(C)=O. The highest BCUT2D eigenvalue weighted by Gasteiger charge is 2.54. The molecule has 0 aromatic heterocycles. The van der Waals surface area contributed by atoms with Gasteiger partial charge in [0.15, 0.2) is 43.0 Å². The van der Waals surface area contributed by atoms with Crippen LogP contribution in [0.3, 0.4) is 0 Å². The molecule has 0 bridgehead atoms. The van der Waals surface area contributed by atoms with Crippen molar-refractivity contribution in [3.8, 4) is 5.75 Å². The molecule has 5 amide bonds. The third-order valence-corrected chi connectivity index (χ3v) is 13.1. The van der Waals surface area contributed by atoms with Crippen LogP contribution in [0.15, 0.2) is 54.6 Å². The van der Waals surface area contributed by atoms with E-state index in [1.807, 2.05) is 6.07 Å². The molecule has 0 aliphatic carbocycles. The van der Waals surface area contributed by atoms with E-state index < -0.39 is 196 Å². The molecule has 13 atom stereocenters.